The second-order valence-electron chi connectivity index (χ2n) is 4.09. The molecule has 6 nitrogen and oxygen atoms in total. The van der Waals surface area contributed by atoms with Crippen LogP contribution in [-0.4, -0.2) is 42.3 Å². The molecule has 1 aliphatic rings. The lowest BCUT2D eigenvalue weighted by molar-refractivity contribution is -0.149. The number of carbonyl (C=O) groups is 2. The first-order valence-electron chi connectivity index (χ1n) is 4.75. The van der Waals surface area contributed by atoms with Gasteiger partial charge in [0.25, 0.3) is 0 Å². The molecule has 15 heavy (non-hydrogen) atoms. The third-order valence-corrected chi connectivity index (χ3v) is 2.67. The van der Waals surface area contributed by atoms with Crippen LogP contribution in [0.1, 0.15) is 13.8 Å². The predicted octanol–water partition coefficient (Wildman–Crippen LogP) is -1.06. The number of amides is 1. The van der Waals surface area contributed by atoms with Gasteiger partial charge in [0.05, 0.1) is 25.3 Å². The molecule has 0 aromatic carbocycles. The number of ether oxygens (including phenoxy) is 1. The maximum absolute atomic E-state index is 11.3. The standard InChI is InChI=1S/C9H16N2O4/c1-5(10)7(12)11-6-3-15-4-9(6,2)8(13)14/h5-6H,3-4,10H2,1-2H3,(H,11,12)(H,13,14). The molecule has 0 aliphatic carbocycles. The Morgan fingerprint density at radius 2 is 2.27 bits per heavy atom. The number of hydrogen-bond acceptors (Lipinski definition) is 4. The van der Waals surface area contributed by atoms with Crippen molar-refractivity contribution in [3.8, 4) is 0 Å². The number of hydrogen-bond donors (Lipinski definition) is 3. The maximum atomic E-state index is 11.3. The van der Waals surface area contributed by atoms with Gasteiger partial charge in [-0.15, -0.1) is 0 Å². The van der Waals surface area contributed by atoms with Crippen LogP contribution in [0.2, 0.25) is 0 Å². The lowest BCUT2D eigenvalue weighted by Gasteiger charge is -2.26. The molecule has 1 saturated heterocycles. The van der Waals surface area contributed by atoms with Gasteiger partial charge in [-0.05, 0) is 13.8 Å². The molecule has 0 aromatic heterocycles. The van der Waals surface area contributed by atoms with Gasteiger partial charge in [-0.25, -0.2) is 0 Å². The normalized spacial score (nSPS) is 32.3. The Labute approximate surface area is 87.8 Å². The summed E-state index contributed by atoms with van der Waals surface area (Å²) in [4.78, 5) is 22.3. The Morgan fingerprint density at radius 1 is 1.67 bits per heavy atom. The second kappa shape index (κ2) is 4.16. The Kier molecular flexibility index (Phi) is 3.31. The van der Waals surface area contributed by atoms with Crippen molar-refractivity contribution < 1.29 is 19.4 Å². The zero-order valence-corrected chi connectivity index (χ0v) is 8.82. The van der Waals surface area contributed by atoms with Gasteiger partial charge >= 0.3 is 5.97 Å². The quantitative estimate of drug-likeness (QED) is 0.558. The van der Waals surface area contributed by atoms with Crippen LogP contribution >= 0.6 is 0 Å². The summed E-state index contributed by atoms with van der Waals surface area (Å²) in [7, 11) is 0. The van der Waals surface area contributed by atoms with Gasteiger partial charge in [-0.2, -0.15) is 0 Å². The fourth-order valence-corrected chi connectivity index (χ4v) is 1.39. The van der Waals surface area contributed by atoms with E-state index in [0.29, 0.717) is 0 Å². The molecule has 0 aromatic rings. The number of aliphatic carboxylic acids is 1. The second-order valence-corrected chi connectivity index (χ2v) is 4.09. The number of nitrogens with two attached hydrogens (primary N) is 1. The molecule has 3 atom stereocenters. The van der Waals surface area contributed by atoms with E-state index in [9.17, 15) is 9.59 Å². The van der Waals surface area contributed by atoms with Crippen molar-refractivity contribution >= 4 is 11.9 Å². The highest BCUT2D eigenvalue weighted by Crippen LogP contribution is 2.28. The average molecular weight is 216 g/mol. The number of rotatable bonds is 3. The lowest BCUT2D eigenvalue weighted by atomic mass is 9.85. The minimum Gasteiger partial charge on any atom is -0.481 e. The minimum atomic E-state index is -1.06. The van der Waals surface area contributed by atoms with E-state index in [0.717, 1.165) is 0 Å². The van der Waals surface area contributed by atoms with E-state index in [1.165, 1.54) is 0 Å². The predicted molar refractivity (Wildman–Crippen MR) is 52.1 cm³/mol. The zero-order chi connectivity index (χ0) is 11.6. The van der Waals surface area contributed by atoms with Crippen molar-refractivity contribution in [1.82, 2.24) is 5.32 Å². The van der Waals surface area contributed by atoms with Crippen LogP contribution < -0.4 is 11.1 Å². The van der Waals surface area contributed by atoms with Crippen molar-refractivity contribution in [2.45, 2.75) is 25.9 Å². The number of nitrogens with one attached hydrogen (secondary N) is 1. The number of carbonyl (C=O) groups excluding carboxylic acids is 1. The fourth-order valence-electron chi connectivity index (χ4n) is 1.39. The summed E-state index contributed by atoms with van der Waals surface area (Å²) in [5, 5.41) is 11.6. The van der Waals surface area contributed by atoms with E-state index in [-0.39, 0.29) is 19.1 Å². The van der Waals surface area contributed by atoms with Crippen LogP contribution in [0.4, 0.5) is 0 Å². The Morgan fingerprint density at radius 3 is 2.73 bits per heavy atom. The van der Waals surface area contributed by atoms with Gasteiger partial charge < -0.3 is 20.9 Å². The first-order valence-corrected chi connectivity index (χ1v) is 4.75. The summed E-state index contributed by atoms with van der Waals surface area (Å²) in [5.74, 6) is -1.34. The minimum absolute atomic E-state index is 0.103. The third kappa shape index (κ3) is 2.27. The molecule has 4 N–H and O–H groups in total. The van der Waals surface area contributed by atoms with Crippen LogP contribution in [0.15, 0.2) is 0 Å². The van der Waals surface area contributed by atoms with Gasteiger partial charge in [-0.3, -0.25) is 9.59 Å². The van der Waals surface area contributed by atoms with E-state index in [4.69, 9.17) is 15.6 Å². The molecule has 86 valence electrons. The molecule has 0 radical (unpaired) electrons. The van der Waals surface area contributed by atoms with Crippen molar-refractivity contribution in [2.24, 2.45) is 11.1 Å². The molecule has 0 spiro atoms. The molecule has 1 aliphatic heterocycles. The first kappa shape index (κ1) is 11.9. The van der Waals surface area contributed by atoms with E-state index in [2.05, 4.69) is 5.32 Å². The largest absolute Gasteiger partial charge is 0.481 e. The van der Waals surface area contributed by atoms with Crippen molar-refractivity contribution in [3.63, 3.8) is 0 Å². The van der Waals surface area contributed by atoms with Crippen LogP contribution in [0.25, 0.3) is 0 Å². The smallest absolute Gasteiger partial charge is 0.313 e. The van der Waals surface area contributed by atoms with Crippen LogP contribution in [0.3, 0.4) is 0 Å². The summed E-state index contributed by atoms with van der Waals surface area (Å²) in [6, 6.07) is -1.17. The van der Waals surface area contributed by atoms with Crippen LogP contribution in [0, 0.1) is 5.41 Å². The van der Waals surface area contributed by atoms with E-state index < -0.39 is 23.5 Å². The Hall–Kier alpha value is -1.14. The van der Waals surface area contributed by atoms with Gasteiger partial charge in [0.1, 0.15) is 5.41 Å². The fraction of sp³-hybridized carbons (Fsp3) is 0.778. The molecule has 1 fully saturated rings. The molecule has 1 amide bonds. The van der Waals surface area contributed by atoms with Crippen molar-refractivity contribution in [1.29, 1.82) is 0 Å². The molecule has 6 heteroatoms. The van der Waals surface area contributed by atoms with Gasteiger partial charge in [0.2, 0.25) is 5.91 Å². The summed E-state index contributed by atoms with van der Waals surface area (Å²) >= 11 is 0. The summed E-state index contributed by atoms with van der Waals surface area (Å²) in [5.41, 5.74) is 4.31. The molecule has 1 rings (SSSR count). The SMILES string of the molecule is CC(N)C(=O)NC1COCC1(C)C(=O)O. The maximum Gasteiger partial charge on any atom is 0.313 e. The highest BCUT2D eigenvalue weighted by Gasteiger charge is 2.47. The van der Waals surface area contributed by atoms with E-state index >= 15 is 0 Å². The molecular weight excluding hydrogens is 200 g/mol. The molecule has 0 bridgehead atoms. The monoisotopic (exact) mass is 216 g/mol. The van der Waals surface area contributed by atoms with E-state index in [1.807, 2.05) is 0 Å². The number of carboxylic acid groups (broad SMARTS) is 1. The highest BCUT2D eigenvalue weighted by atomic mass is 16.5. The Bertz CT molecular complexity index is 279. The van der Waals surface area contributed by atoms with Crippen LogP contribution in [-0.2, 0) is 14.3 Å². The molecule has 1 heterocycles. The summed E-state index contributed by atoms with van der Waals surface area (Å²) in [6.07, 6.45) is 0. The van der Waals surface area contributed by atoms with Gasteiger partial charge in [-0.1, -0.05) is 0 Å². The summed E-state index contributed by atoms with van der Waals surface area (Å²) < 4.78 is 5.08. The summed E-state index contributed by atoms with van der Waals surface area (Å²) in [6.45, 7) is 3.41. The van der Waals surface area contributed by atoms with Gasteiger partial charge in [0, 0.05) is 0 Å². The first-order chi connectivity index (χ1) is 6.88. The Balaban J connectivity index is 2.70. The highest BCUT2D eigenvalue weighted by molar-refractivity contribution is 5.83. The lowest BCUT2D eigenvalue weighted by Crippen LogP contribution is -2.53. The van der Waals surface area contributed by atoms with Crippen molar-refractivity contribution in [3.05, 3.63) is 0 Å². The van der Waals surface area contributed by atoms with E-state index in [1.54, 1.807) is 13.8 Å². The zero-order valence-electron chi connectivity index (χ0n) is 8.82. The molecular formula is C9H16N2O4. The van der Waals surface area contributed by atoms with Crippen molar-refractivity contribution in [2.75, 3.05) is 13.2 Å². The average Bonchev–Trinajstić information content (AvgIpc) is 2.49. The molecule has 0 saturated carbocycles. The molecule has 3 unspecified atom stereocenters. The number of carboxylic acids is 1. The topological polar surface area (TPSA) is 102 Å². The van der Waals surface area contributed by atoms with Gasteiger partial charge in [0.15, 0.2) is 0 Å². The third-order valence-electron chi connectivity index (χ3n) is 2.67. The van der Waals surface area contributed by atoms with Crippen LogP contribution in [0.5, 0.6) is 0 Å².